The molecule has 6 nitrogen and oxygen atoms in total. The van der Waals surface area contributed by atoms with Gasteiger partial charge in [0.1, 0.15) is 11.8 Å². The normalized spacial score (nSPS) is 11.3. The Bertz CT molecular complexity index is 727. The Hall–Kier alpha value is -3.20. The zero-order valence-corrected chi connectivity index (χ0v) is 13.0. The minimum atomic E-state index is -0.0561. The molecule has 6 heteroatoms. The average Bonchev–Trinajstić information content (AvgIpc) is 2.58. The highest BCUT2D eigenvalue weighted by Gasteiger charge is 1.97. The summed E-state index contributed by atoms with van der Waals surface area (Å²) in [6.07, 6.45) is 0. The average molecular weight is 307 g/mol. The molecule has 2 aromatic rings. The van der Waals surface area contributed by atoms with Gasteiger partial charge in [-0.3, -0.25) is 5.43 Å². The minimum absolute atomic E-state index is 0.0561. The van der Waals surface area contributed by atoms with Gasteiger partial charge in [0.2, 0.25) is 0 Å². The molecular weight excluding hydrogens is 290 g/mol. The summed E-state index contributed by atoms with van der Waals surface area (Å²) in [7, 11) is 0. The van der Waals surface area contributed by atoms with Gasteiger partial charge in [-0.2, -0.15) is 5.26 Å². The van der Waals surface area contributed by atoms with Gasteiger partial charge in [0.25, 0.3) is 5.84 Å². The van der Waals surface area contributed by atoms with E-state index in [1.165, 1.54) is 0 Å². The number of hydrogen-bond donors (Lipinski definition) is 1. The highest BCUT2D eigenvalue weighted by molar-refractivity contribution is 5.97. The standard InChI is InChI=1S/C17H17N5O/c1-3-23-16-10-8-15(9-11-16)20-22-17(12-18)21-19-14-6-4-13(2)5-7-14/h4-11,20H,3H2,1-2H3. The van der Waals surface area contributed by atoms with Gasteiger partial charge >= 0.3 is 0 Å². The van der Waals surface area contributed by atoms with E-state index in [9.17, 15) is 0 Å². The van der Waals surface area contributed by atoms with Crippen molar-refractivity contribution in [2.45, 2.75) is 13.8 Å². The summed E-state index contributed by atoms with van der Waals surface area (Å²) in [6.45, 7) is 4.53. The van der Waals surface area contributed by atoms with Crippen LogP contribution in [0.1, 0.15) is 12.5 Å². The van der Waals surface area contributed by atoms with Gasteiger partial charge in [-0.15, -0.1) is 15.3 Å². The molecule has 0 saturated carbocycles. The van der Waals surface area contributed by atoms with Crippen LogP contribution in [0.2, 0.25) is 0 Å². The lowest BCUT2D eigenvalue weighted by atomic mass is 10.2. The van der Waals surface area contributed by atoms with Crippen LogP contribution in [0.4, 0.5) is 11.4 Å². The maximum absolute atomic E-state index is 9.05. The summed E-state index contributed by atoms with van der Waals surface area (Å²) in [5.74, 6) is 0.723. The largest absolute Gasteiger partial charge is 0.494 e. The van der Waals surface area contributed by atoms with Crippen molar-refractivity contribution in [2.24, 2.45) is 15.3 Å². The first-order valence-electron chi connectivity index (χ1n) is 7.16. The number of amidine groups is 1. The molecule has 0 aromatic heterocycles. The van der Waals surface area contributed by atoms with Crippen LogP contribution in [-0.2, 0) is 0 Å². The Morgan fingerprint density at radius 2 is 1.83 bits per heavy atom. The van der Waals surface area contributed by atoms with E-state index in [2.05, 4.69) is 20.8 Å². The Morgan fingerprint density at radius 3 is 2.43 bits per heavy atom. The van der Waals surface area contributed by atoms with Gasteiger partial charge < -0.3 is 4.74 Å². The molecule has 0 heterocycles. The number of hydrazone groups is 1. The molecule has 0 radical (unpaired) electrons. The van der Waals surface area contributed by atoms with Crippen molar-refractivity contribution in [3.8, 4) is 11.8 Å². The van der Waals surface area contributed by atoms with E-state index >= 15 is 0 Å². The van der Waals surface area contributed by atoms with Gasteiger partial charge in [0.05, 0.1) is 18.0 Å². The molecule has 116 valence electrons. The first-order chi connectivity index (χ1) is 11.2. The molecular formula is C17H17N5O. The number of rotatable bonds is 5. The predicted molar refractivity (Wildman–Crippen MR) is 90.0 cm³/mol. The fourth-order valence-corrected chi connectivity index (χ4v) is 1.70. The topological polar surface area (TPSA) is 82.1 Å². The number of nitriles is 1. The van der Waals surface area contributed by atoms with E-state index in [0.717, 1.165) is 17.0 Å². The summed E-state index contributed by atoms with van der Waals surface area (Å²) in [6, 6.07) is 16.6. The van der Waals surface area contributed by atoms with Crippen LogP contribution < -0.4 is 10.2 Å². The van der Waals surface area contributed by atoms with E-state index in [1.807, 2.05) is 56.3 Å². The summed E-state index contributed by atoms with van der Waals surface area (Å²) in [5, 5.41) is 20.8. The number of aryl methyl sites for hydroxylation is 1. The SMILES string of the molecule is CCOc1ccc(NN=C(C#N)N=Nc2ccc(C)cc2)cc1. The number of nitrogens with zero attached hydrogens (tertiary/aromatic N) is 4. The fourth-order valence-electron chi connectivity index (χ4n) is 1.70. The molecule has 2 rings (SSSR count). The molecule has 23 heavy (non-hydrogen) atoms. The van der Waals surface area contributed by atoms with Crippen molar-refractivity contribution in [2.75, 3.05) is 12.0 Å². The van der Waals surface area contributed by atoms with Crippen molar-refractivity contribution < 1.29 is 4.74 Å². The molecule has 0 spiro atoms. The summed E-state index contributed by atoms with van der Waals surface area (Å²) in [4.78, 5) is 0. The van der Waals surface area contributed by atoms with Crippen molar-refractivity contribution in [3.63, 3.8) is 0 Å². The number of ether oxygens (including phenoxy) is 1. The molecule has 0 bridgehead atoms. The van der Waals surface area contributed by atoms with Crippen LogP contribution in [0.15, 0.2) is 63.9 Å². The Kier molecular flexibility index (Phi) is 5.83. The zero-order chi connectivity index (χ0) is 16.5. The molecule has 0 aliphatic rings. The van der Waals surface area contributed by atoms with Crippen LogP contribution in [0.5, 0.6) is 5.75 Å². The lowest BCUT2D eigenvalue weighted by Crippen LogP contribution is -1.96. The molecule has 1 N–H and O–H groups in total. The van der Waals surface area contributed by atoms with Gasteiger partial charge in [0.15, 0.2) is 0 Å². The Labute approximate surface area is 135 Å². The van der Waals surface area contributed by atoms with E-state index in [0.29, 0.717) is 12.3 Å². The Balaban J connectivity index is 2.01. The summed E-state index contributed by atoms with van der Waals surface area (Å²) >= 11 is 0. The first kappa shape index (κ1) is 16.2. The number of azo groups is 1. The second-order valence-electron chi connectivity index (χ2n) is 4.65. The van der Waals surface area contributed by atoms with Crippen molar-refractivity contribution in [1.29, 1.82) is 5.26 Å². The number of hydrogen-bond acceptors (Lipinski definition) is 5. The fraction of sp³-hybridized carbons (Fsp3) is 0.176. The summed E-state index contributed by atoms with van der Waals surface area (Å²) < 4.78 is 5.35. The van der Waals surface area contributed by atoms with Gasteiger partial charge in [-0.25, -0.2) is 0 Å². The van der Waals surface area contributed by atoms with Crippen LogP contribution in [0.3, 0.4) is 0 Å². The molecule has 0 aliphatic heterocycles. The quantitative estimate of drug-likeness (QED) is 0.384. The van der Waals surface area contributed by atoms with E-state index in [1.54, 1.807) is 12.1 Å². The third-order valence-corrected chi connectivity index (χ3v) is 2.85. The molecule has 0 unspecified atom stereocenters. The number of anilines is 1. The lowest BCUT2D eigenvalue weighted by Gasteiger charge is -2.04. The maximum atomic E-state index is 9.05. The van der Waals surface area contributed by atoms with Gasteiger partial charge in [-0.05, 0) is 50.2 Å². The van der Waals surface area contributed by atoms with E-state index < -0.39 is 0 Å². The van der Waals surface area contributed by atoms with Crippen LogP contribution in [0, 0.1) is 18.3 Å². The highest BCUT2D eigenvalue weighted by Crippen LogP contribution is 2.16. The van der Waals surface area contributed by atoms with Crippen LogP contribution >= 0.6 is 0 Å². The van der Waals surface area contributed by atoms with E-state index in [4.69, 9.17) is 10.00 Å². The molecule has 0 atom stereocenters. The second-order valence-corrected chi connectivity index (χ2v) is 4.65. The van der Waals surface area contributed by atoms with Gasteiger partial charge in [0, 0.05) is 0 Å². The zero-order valence-electron chi connectivity index (χ0n) is 13.0. The van der Waals surface area contributed by atoms with E-state index in [-0.39, 0.29) is 5.84 Å². The van der Waals surface area contributed by atoms with Crippen molar-refractivity contribution in [3.05, 3.63) is 54.1 Å². The van der Waals surface area contributed by atoms with Crippen LogP contribution in [-0.4, -0.2) is 12.4 Å². The third-order valence-electron chi connectivity index (χ3n) is 2.85. The Morgan fingerprint density at radius 1 is 1.13 bits per heavy atom. The smallest absolute Gasteiger partial charge is 0.270 e. The molecule has 0 amide bonds. The van der Waals surface area contributed by atoms with Gasteiger partial charge in [-0.1, -0.05) is 17.7 Å². The number of benzene rings is 2. The second kappa shape index (κ2) is 8.29. The molecule has 2 aromatic carbocycles. The third kappa shape index (κ3) is 5.25. The molecule has 0 aliphatic carbocycles. The number of nitrogens with one attached hydrogen (secondary N) is 1. The minimum Gasteiger partial charge on any atom is -0.494 e. The van der Waals surface area contributed by atoms with Crippen molar-refractivity contribution in [1.82, 2.24) is 0 Å². The monoisotopic (exact) mass is 307 g/mol. The summed E-state index contributed by atoms with van der Waals surface area (Å²) in [5.41, 5.74) is 5.30. The maximum Gasteiger partial charge on any atom is 0.270 e. The van der Waals surface area contributed by atoms with Crippen LogP contribution in [0.25, 0.3) is 0 Å². The molecule has 0 saturated heterocycles. The lowest BCUT2D eigenvalue weighted by molar-refractivity contribution is 0.340. The first-order valence-corrected chi connectivity index (χ1v) is 7.16. The predicted octanol–water partition coefficient (Wildman–Crippen LogP) is 4.43. The van der Waals surface area contributed by atoms with Crippen molar-refractivity contribution >= 4 is 17.2 Å². The molecule has 0 fully saturated rings. The highest BCUT2D eigenvalue weighted by atomic mass is 16.5.